The predicted octanol–water partition coefficient (Wildman–Crippen LogP) is 19.4. The molecule has 0 radical (unpaired) electrons. The van der Waals surface area contributed by atoms with Gasteiger partial charge in [-0.1, -0.05) is 249 Å². The minimum absolute atomic E-state index is 0.0762. The third kappa shape index (κ3) is 10.3. The van der Waals surface area contributed by atoms with Crippen molar-refractivity contribution >= 4 is 21.8 Å². The van der Waals surface area contributed by atoms with Crippen molar-refractivity contribution in [3.8, 4) is 39.8 Å². The minimum Gasteiger partial charge on any atom is -0.458 e. The van der Waals surface area contributed by atoms with E-state index in [-0.39, 0.29) is 16.2 Å². The second kappa shape index (κ2) is 20.6. The lowest BCUT2D eigenvalue weighted by Crippen LogP contribution is -2.43. The van der Waals surface area contributed by atoms with E-state index in [1.807, 2.05) is 6.20 Å². The molecule has 11 rings (SSSR count). The van der Waals surface area contributed by atoms with Crippen LogP contribution in [-0.4, -0.2) is 14.1 Å². The molecular weight excluding hydrogens is 997 g/mol. The molecule has 0 fully saturated rings. The molecule has 0 aliphatic rings. The Morgan fingerprint density at radius 1 is 0.415 bits per heavy atom. The third-order valence-corrected chi connectivity index (χ3v) is 17.2. The molecule has 0 aliphatic heterocycles. The Morgan fingerprint density at radius 2 is 0.939 bits per heavy atom. The molecule has 0 unspecified atom stereocenters. The Bertz CT molecular complexity index is 4120. The number of imidazole rings is 1. The van der Waals surface area contributed by atoms with Crippen LogP contribution in [0.4, 0.5) is 0 Å². The molecule has 0 aliphatic carbocycles. The lowest BCUT2D eigenvalue weighted by atomic mass is 9.73. The number of nitrogens with zero attached hydrogens (tertiary/aromatic N) is 4. The Balaban J connectivity index is 1.21. The number of benzene rings is 8. The summed E-state index contributed by atoms with van der Waals surface area (Å²) in [5, 5.41) is 2.36. The monoisotopic (exact) mass is 1080 g/mol. The average molecular weight is 1080 g/mol. The maximum atomic E-state index is 7.54. The van der Waals surface area contributed by atoms with Gasteiger partial charge in [-0.15, -0.1) is 0 Å². The summed E-state index contributed by atoms with van der Waals surface area (Å²) < 4.78 is 14.6. The second-order valence-corrected chi connectivity index (χ2v) is 27.3. The first-order valence-electron chi connectivity index (χ1n) is 29.2. The van der Waals surface area contributed by atoms with E-state index in [9.17, 15) is 0 Å². The van der Waals surface area contributed by atoms with Crippen molar-refractivity contribution in [2.45, 2.75) is 136 Å². The molecule has 11 aromatic rings. The van der Waals surface area contributed by atoms with Gasteiger partial charge in [0.15, 0.2) is 0 Å². The van der Waals surface area contributed by atoms with Gasteiger partial charge >= 0.3 is 0 Å². The van der Waals surface area contributed by atoms with Crippen LogP contribution in [0.1, 0.15) is 154 Å². The first-order chi connectivity index (χ1) is 38.8. The molecule has 0 saturated heterocycles. The molecule has 0 atom stereocenters. The number of fused-ring (bicyclic) bond motifs is 3. The first-order valence-corrected chi connectivity index (χ1v) is 29.2. The molecule has 0 N–H and O–H groups in total. The van der Waals surface area contributed by atoms with Crippen LogP contribution in [0.5, 0.6) is 11.5 Å². The zero-order valence-corrected chi connectivity index (χ0v) is 50.9. The summed E-state index contributed by atoms with van der Waals surface area (Å²) in [5.74, 6) is 2.36. The molecule has 5 nitrogen and oxygen atoms in total. The van der Waals surface area contributed by atoms with Gasteiger partial charge in [-0.2, -0.15) is 0 Å². The van der Waals surface area contributed by atoms with Crippen LogP contribution in [-0.2, 0) is 32.5 Å². The number of hydrogen-bond donors (Lipinski definition) is 0. The van der Waals surface area contributed by atoms with Crippen LogP contribution in [0.25, 0.3) is 50.1 Å². The Kier molecular flexibility index (Phi) is 14.0. The molecule has 0 spiro atoms. The van der Waals surface area contributed by atoms with Gasteiger partial charge in [0.1, 0.15) is 17.3 Å². The van der Waals surface area contributed by atoms with Gasteiger partial charge < -0.3 is 4.74 Å². The number of ether oxygens (including phenoxy) is 1. The number of pyridine rings is 1. The van der Waals surface area contributed by atoms with Gasteiger partial charge in [0.05, 0.1) is 33.8 Å². The topological polar surface area (TPSA) is 35.9 Å². The molecule has 0 amide bonds. The fraction of sp³-hybridized carbons (Fsp3) is 0.273. The van der Waals surface area contributed by atoms with E-state index in [2.05, 4.69) is 330 Å². The van der Waals surface area contributed by atoms with Gasteiger partial charge in [0, 0.05) is 39.3 Å². The molecule has 5 heteroatoms. The predicted molar refractivity (Wildman–Crippen MR) is 342 cm³/mol. The second-order valence-electron chi connectivity index (χ2n) is 27.3. The molecular formula is C77H80N4O. The van der Waals surface area contributed by atoms with Crippen molar-refractivity contribution in [1.82, 2.24) is 14.1 Å². The number of rotatable bonds is 12. The summed E-state index contributed by atoms with van der Waals surface area (Å²) >= 11 is 0. The van der Waals surface area contributed by atoms with Crippen LogP contribution in [0, 0.1) is 6.33 Å². The maximum Gasteiger partial charge on any atom is 0.269 e. The normalized spacial score (nSPS) is 12.8. The van der Waals surface area contributed by atoms with E-state index in [4.69, 9.17) is 9.72 Å². The van der Waals surface area contributed by atoms with Crippen molar-refractivity contribution < 1.29 is 9.30 Å². The lowest BCUT2D eigenvalue weighted by molar-refractivity contribution is -0.611. The summed E-state index contributed by atoms with van der Waals surface area (Å²) in [4.78, 5) is 5.11. The largest absolute Gasteiger partial charge is 0.458 e. The quantitative estimate of drug-likeness (QED) is 0.0903. The highest BCUT2D eigenvalue weighted by Crippen LogP contribution is 2.47. The van der Waals surface area contributed by atoms with Crippen LogP contribution < -0.4 is 9.30 Å². The summed E-state index contributed by atoms with van der Waals surface area (Å²) in [6, 6.07) is 75.3. The Morgan fingerprint density at radius 3 is 1.54 bits per heavy atom. The van der Waals surface area contributed by atoms with Crippen molar-refractivity contribution in [2.75, 3.05) is 0 Å². The summed E-state index contributed by atoms with van der Waals surface area (Å²) in [6.45, 7) is 34.8. The fourth-order valence-electron chi connectivity index (χ4n) is 12.1. The van der Waals surface area contributed by atoms with Gasteiger partial charge in [-0.05, 0) is 121 Å². The number of hydrogen-bond acceptors (Lipinski definition) is 2. The summed E-state index contributed by atoms with van der Waals surface area (Å²) in [6.07, 6.45) is 6.11. The van der Waals surface area contributed by atoms with Gasteiger partial charge in [0.25, 0.3) is 6.33 Å². The fourth-order valence-corrected chi connectivity index (χ4v) is 12.1. The third-order valence-electron chi connectivity index (χ3n) is 17.2. The average Bonchev–Trinajstić information content (AvgIpc) is 2.12. The van der Waals surface area contributed by atoms with E-state index in [0.29, 0.717) is 0 Å². The van der Waals surface area contributed by atoms with E-state index in [0.717, 1.165) is 62.2 Å². The molecule has 0 saturated carbocycles. The first kappa shape index (κ1) is 55.6. The van der Waals surface area contributed by atoms with Crippen molar-refractivity contribution in [1.29, 1.82) is 0 Å². The van der Waals surface area contributed by atoms with E-state index in [1.165, 1.54) is 49.7 Å². The molecule has 0 bridgehead atoms. The molecule has 3 heterocycles. The highest BCUT2D eigenvalue weighted by molar-refractivity contribution is 6.11. The van der Waals surface area contributed by atoms with E-state index >= 15 is 0 Å². The van der Waals surface area contributed by atoms with Gasteiger partial charge in [-0.25, -0.2) is 4.98 Å². The van der Waals surface area contributed by atoms with Crippen molar-refractivity contribution in [2.24, 2.45) is 0 Å². The highest BCUT2D eigenvalue weighted by atomic mass is 16.5. The minimum atomic E-state index is -0.540. The zero-order chi connectivity index (χ0) is 58.1. The van der Waals surface area contributed by atoms with Crippen molar-refractivity contribution in [3.63, 3.8) is 0 Å². The summed E-state index contributed by atoms with van der Waals surface area (Å²) in [5.41, 5.74) is 15.2. The molecule has 82 heavy (non-hydrogen) atoms. The SMILES string of the molecule is CC(C)(C)c1cc(Oc2cc(C(C)(C)c3ccccc3)c3c4ccccc4n(-c4cc(C(C)(C)C)ccn4)c3c2)cc(-n2[c-][n+](-c3cc(-c4ccccc4)cc(C(C)(C)C)c3)c(C(C)(C)c3ccccc3)c2C(C)(C)c2ccccc2)c1. The van der Waals surface area contributed by atoms with Crippen molar-refractivity contribution in [3.05, 3.63) is 269 Å². The number of para-hydroxylation sites is 1. The highest BCUT2D eigenvalue weighted by Gasteiger charge is 2.41. The van der Waals surface area contributed by atoms with Gasteiger partial charge in [0.2, 0.25) is 0 Å². The molecule has 414 valence electrons. The van der Waals surface area contributed by atoms with Crippen LogP contribution in [0.3, 0.4) is 0 Å². The zero-order valence-electron chi connectivity index (χ0n) is 50.9. The van der Waals surface area contributed by atoms with E-state index < -0.39 is 16.2 Å². The molecule has 8 aromatic carbocycles. The molecule has 3 aromatic heterocycles. The van der Waals surface area contributed by atoms with Crippen LogP contribution in [0.15, 0.2) is 212 Å². The summed E-state index contributed by atoms with van der Waals surface area (Å²) in [7, 11) is 0. The maximum absolute atomic E-state index is 7.54. The van der Waals surface area contributed by atoms with Gasteiger partial charge in [-0.3, -0.25) is 13.7 Å². The smallest absolute Gasteiger partial charge is 0.269 e. The number of aromatic nitrogens is 4. The van der Waals surface area contributed by atoms with Crippen LogP contribution in [0.2, 0.25) is 0 Å². The van der Waals surface area contributed by atoms with E-state index in [1.54, 1.807) is 0 Å². The van der Waals surface area contributed by atoms with Crippen LogP contribution >= 0.6 is 0 Å². The Labute approximate surface area is 488 Å². The standard InChI is InChI=1S/C77H80N4O/c1-72(2,3)57-40-41-78-68(47-57)81-66-39-29-28-38-64(66)69-65(75(10,11)54-32-22-17-23-33-54)49-63(50-67(69)81)82-62-46-59(74(7,8)9)45-61(48-62)80-51-79(60-43-53(52-30-20-16-21-31-52)42-58(44-60)73(4,5)6)70(76(12,13)55-34-24-18-25-35-55)71(80)77(14,15)56-36-26-19-27-37-56/h16-50H,1-15H3. The Hall–Kier alpha value is -8.28. The lowest BCUT2D eigenvalue weighted by Gasteiger charge is -2.35.